The standard InChI is InChI=1S/C12H14BrNO4/c1-7(11(15)14(2)3)18-10-6-8(13)4-5-9(10)12(16)17/h4-7H,1-3H3,(H,16,17). The van der Waals surface area contributed by atoms with Gasteiger partial charge in [0.05, 0.1) is 0 Å². The van der Waals surface area contributed by atoms with Crippen LogP contribution in [0.4, 0.5) is 0 Å². The number of likely N-dealkylation sites (N-methyl/N-ethyl adjacent to an activating group) is 1. The van der Waals surface area contributed by atoms with Crippen molar-refractivity contribution in [3.8, 4) is 5.75 Å². The molecule has 0 aromatic heterocycles. The van der Waals surface area contributed by atoms with E-state index in [9.17, 15) is 9.59 Å². The molecule has 0 aliphatic carbocycles. The molecule has 0 bridgehead atoms. The summed E-state index contributed by atoms with van der Waals surface area (Å²) in [7, 11) is 3.22. The van der Waals surface area contributed by atoms with Gasteiger partial charge in [-0.1, -0.05) is 15.9 Å². The summed E-state index contributed by atoms with van der Waals surface area (Å²) < 4.78 is 6.10. The van der Waals surface area contributed by atoms with Crippen molar-refractivity contribution in [1.82, 2.24) is 4.90 Å². The molecule has 1 atom stereocenters. The number of carbonyl (C=O) groups is 2. The zero-order valence-electron chi connectivity index (χ0n) is 10.3. The molecule has 0 aliphatic rings. The molecule has 1 amide bonds. The average Bonchev–Trinajstić information content (AvgIpc) is 2.27. The minimum Gasteiger partial charge on any atom is -0.480 e. The van der Waals surface area contributed by atoms with Gasteiger partial charge in [0.25, 0.3) is 5.91 Å². The minimum atomic E-state index is -1.10. The van der Waals surface area contributed by atoms with E-state index in [4.69, 9.17) is 9.84 Å². The van der Waals surface area contributed by atoms with Crippen LogP contribution in [0, 0.1) is 0 Å². The van der Waals surface area contributed by atoms with E-state index < -0.39 is 12.1 Å². The third-order valence-electron chi connectivity index (χ3n) is 2.27. The van der Waals surface area contributed by atoms with Gasteiger partial charge in [-0.15, -0.1) is 0 Å². The molecular formula is C12H14BrNO4. The first kappa shape index (κ1) is 14.5. The Labute approximate surface area is 113 Å². The minimum absolute atomic E-state index is 0.0246. The van der Waals surface area contributed by atoms with E-state index in [1.807, 2.05) is 0 Å². The third-order valence-corrected chi connectivity index (χ3v) is 2.76. The Morgan fingerprint density at radius 1 is 1.39 bits per heavy atom. The van der Waals surface area contributed by atoms with Gasteiger partial charge in [-0.2, -0.15) is 0 Å². The Hall–Kier alpha value is -1.56. The molecule has 0 aliphatic heterocycles. The van der Waals surface area contributed by atoms with Crippen LogP contribution in [0.5, 0.6) is 5.75 Å². The van der Waals surface area contributed by atoms with Gasteiger partial charge in [-0.25, -0.2) is 4.79 Å². The summed E-state index contributed by atoms with van der Waals surface area (Å²) in [6, 6.07) is 4.56. The molecule has 1 N–H and O–H groups in total. The monoisotopic (exact) mass is 315 g/mol. The number of carbonyl (C=O) groups excluding carboxylic acids is 1. The molecule has 5 nitrogen and oxygen atoms in total. The van der Waals surface area contributed by atoms with Gasteiger partial charge in [-0.3, -0.25) is 4.79 Å². The Kier molecular flexibility index (Phi) is 4.72. The fourth-order valence-electron chi connectivity index (χ4n) is 1.37. The van der Waals surface area contributed by atoms with Crippen LogP contribution in [0.1, 0.15) is 17.3 Å². The molecule has 1 rings (SSSR count). The number of hydrogen-bond donors (Lipinski definition) is 1. The number of rotatable bonds is 4. The molecule has 0 fully saturated rings. The number of halogens is 1. The molecule has 0 radical (unpaired) electrons. The van der Waals surface area contributed by atoms with E-state index in [1.165, 1.54) is 17.0 Å². The Morgan fingerprint density at radius 3 is 2.50 bits per heavy atom. The fraction of sp³-hybridized carbons (Fsp3) is 0.333. The van der Waals surface area contributed by atoms with E-state index in [0.717, 1.165) is 0 Å². The maximum absolute atomic E-state index is 11.7. The van der Waals surface area contributed by atoms with Gasteiger partial charge in [0.1, 0.15) is 11.3 Å². The second-order valence-corrected chi connectivity index (χ2v) is 4.85. The first-order valence-electron chi connectivity index (χ1n) is 5.23. The molecule has 0 spiro atoms. The summed E-state index contributed by atoms with van der Waals surface area (Å²) in [6.45, 7) is 1.58. The second kappa shape index (κ2) is 5.86. The van der Waals surface area contributed by atoms with Crippen molar-refractivity contribution in [2.24, 2.45) is 0 Å². The summed E-state index contributed by atoms with van der Waals surface area (Å²) in [4.78, 5) is 24.1. The van der Waals surface area contributed by atoms with Crippen molar-refractivity contribution in [2.45, 2.75) is 13.0 Å². The predicted molar refractivity (Wildman–Crippen MR) is 69.9 cm³/mol. The van der Waals surface area contributed by atoms with E-state index >= 15 is 0 Å². The summed E-state index contributed by atoms with van der Waals surface area (Å²) >= 11 is 3.23. The van der Waals surface area contributed by atoms with Crippen molar-refractivity contribution in [2.75, 3.05) is 14.1 Å². The topological polar surface area (TPSA) is 66.8 Å². The number of hydrogen-bond acceptors (Lipinski definition) is 3. The number of carboxylic acid groups (broad SMARTS) is 1. The lowest BCUT2D eigenvalue weighted by Crippen LogP contribution is -2.35. The molecule has 0 saturated carbocycles. The van der Waals surface area contributed by atoms with Gasteiger partial charge >= 0.3 is 5.97 Å². The van der Waals surface area contributed by atoms with Crippen molar-refractivity contribution < 1.29 is 19.4 Å². The first-order chi connectivity index (χ1) is 8.32. The number of benzene rings is 1. The van der Waals surface area contributed by atoms with Crippen LogP contribution in [-0.4, -0.2) is 42.1 Å². The quantitative estimate of drug-likeness (QED) is 0.923. The van der Waals surface area contributed by atoms with Crippen molar-refractivity contribution in [3.63, 3.8) is 0 Å². The normalized spacial score (nSPS) is 11.8. The number of carboxylic acids is 1. The van der Waals surface area contributed by atoms with Gasteiger partial charge in [0, 0.05) is 18.6 Å². The Morgan fingerprint density at radius 2 is 2.00 bits per heavy atom. The van der Waals surface area contributed by atoms with Crippen LogP contribution in [0.3, 0.4) is 0 Å². The summed E-state index contributed by atoms with van der Waals surface area (Å²) in [5.41, 5.74) is 0.0246. The van der Waals surface area contributed by atoms with E-state index in [1.54, 1.807) is 27.1 Å². The smallest absolute Gasteiger partial charge is 0.339 e. The summed E-state index contributed by atoms with van der Waals surface area (Å²) in [6.07, 6.45) is -0.743. The molecular weight excluding hydrogens is 302 g/mol. The predicted octanol–water partition coefficient (Wildman–Crippen LogP) is 2.00. The highest BCUT2D eigenvalue weighted by molar-refractivity contribution is 9.10. The first-order valence-corrected chi connectivity index (χ1v) is 6.03. The van der Waals surface area contributed by atoms with Crippen molar-refractivity contribution in [3.05, 3.63) is 28.2 Å². The van der Waals surface area contributed by atoms with Crippen LogP contribution >= 0.6 is 15.9 Å². The van der Waals surface area contributed by atoms with Crippen LogP contribution in [0.15, 0.2) is 22.7 Å². The lowest BCUT2D eigenvalue weighted by Gasteiger charge is -2.19. The second-order valence-electron chi connectivity index (χ2n) is 3.94. The maximum Gasteiger partial charge on any atom is 0.339 e. The molecule has 1 unspecified atom stereocenters. The SMILES string of the molecule is CC(Oc1cc(Br)ccc1C(=O)O)C(=O)N(C)C. The van der Waals surface area contributed by atoms with E-state index in [0.29, 0.717) is 4.47 Å². The van der Waals surface area contributed by atoms with E-state index in [-0.39, 0.29) is 17.2 Å². The largest absolute Gasteiger partial charge is 0.480 e. The molecule has 18 heavy (non-hydrogen) atoms. The zero-order chi connectivity index (χ0) is 13.9. The fourth-order valence-corrected chi connectivity index (χ4v) is 1.71. The van der Waals surface area contributed by atoms with Crippen LogP contribution in [0.2, 0.25) is 0 Å². The molecule has 1 aromatic carbocycles. The highest BCUT2D eigenvalue weighted by Crippen LogP contribution is 2.25. The van der Waals surface area contributed by atoms with Gasteiger partial charge in [0.15, 0.2) is 6.10 Å². The molecule has 98 valence electrons. The van der Waals surface area contributed by atoms with E-state index in [2.05, 4.69) is 15.9 Å². The highest BCUT2D eigenvalue weighted by atomic mass is 79.9. The Bertz CT molecular complexity index is 473. The Balaban J connectivity index is 2.99. The maximum atomic E-state index is 11.7. The number of amides is 1. The number of ether oxygens (including phenoxy) is 1. The van der Waals surface area contributed by atoms with Crippen LogP contribution < -0.4 is 4.74 Å². The molecule has 0 heterocycles. The lowest BCUT2D eigenvalue weighted by atomic mass is 10.2. The highest BCUT2D eigenvalue weighted by Gasteiger charge is 2.20. The van der Waals surface area contributed by atoms with Crippen LogP contribution in [-0.2, 0) is 4.79 Å². The number of aromatic carboxylic acids is 1. The van der Waals surface area contributed by atoms with Crippen LogP contribution in [0.25, 0.3) is 0 Å². The zero-order valence-corrected chi connectivity index (χ0v) is 11.9. The van der Waals surface area contributed by atoms with Crippen molar-refractivity contribution >= 4 is 27.8 Å². The summed E-state index contributed by atoms with van der Waals surface area (Å²) in [5.74, 6) is -1.16. The molecule has 0 saturated heterocycles. The molecule has 6 heteroatoms. The lowest BCUT2D eigenvalue weighted by molar-refractivity contribution is -0.135. The van der Waals surface area contributed by atoms with Gasteiger partial charge in [0.2, 0.25) is 0 Å². The van der Waals surface area contributed by atoms with Gasteiger partial charge in [-0.05, 0) is 25.1 Å². The molecule has 1 aromatic rings. The third kappa shape index (κ3) is 3.46. The van der Waals surface area contributed by atoms with Crippen molar-refractivity contribution in [1.29, 1.82) is 0 Å². The average molecular weight is 316 g/mol. The summed E-state index contributed by atoms with van der Waals surface area (Å²) in [5, 5.41) is 9.03. The van der Waals surface area contributed by atoms with Gasteiger partial charge < -0.3 is 14.7 Å². The number of nitrogens with zero attached hydrogens (tertiary/aromatic N) is 1.